The fourth-order valence-electron chi connectivity index (χ4n) is 1.95. The minimum atomic E-state index is -0.641. The first kappa shape index (κ1) is 14.8. The van der Waals surface area contributed by atoms with Crippen molar-refractivity contribution >= 4 is 17.3 Å². The number of carbonyl (C=O) groups excluding carboxylic acids is 1. The van der Waals surface area contributed by atoms with Crippen LogP contribution in [0.25, 0.3) is 0 Å². The largest absolute Gasteiger partial charge is 0.505 e. The van der Waals surface area contributed by atoms with E-state index in [1.165, 1.54) is 19.1 Å². The lowest BCUT2D eigenvalue weighted by molar-refractivity contribution is -0.114. The summed E-state index contributed by atoms with van der Waals surface area (Å²) >= 11 is 0. The second-order valence-corrected chi connectivity index (χ2v) is 4.85. The normalized spacial score (nSPS) is 10.2. The van der Waals surface area contributed by atoms with Crippen molar-refractivity contribution in [1.82, 2.24) is 0 Å². The van der Waals surface area contributed by atoms with E-state index in [2.05, 4.69) is 10.6 Å². The Hall–Kier alpha value is -2.56. The quantitative estimate of drug-likeness (QED) is 0.808. The van der Waals surface area contributed by atoms with Crippen molar-refractivity contribution in [2.45, 2.75) is 20.4 Å². The molecule has 21 heavy (non-hydrogen) atoms. The van der Waals surface area contributed by atoms with Crippen LogP contribution in [0, 0.1) is 12.7 Å². The van der Waals surface area contributed by atoms with Crippen LogP contribution in [0.4, 0.5) is 15.8 Å². The molecule has 1 amide bonds. The molecule has 0 unspecified atom stereocenters. The van der Waals surface area contributed by atoms with Gasteiger partial charge in [0.15, 0.2) is 11.6 Å². The van der Waals surface area contributed by atoms with E-state index in [1.807, 2.05) is 25.1 Å². The predicted octanol–water partition coefficient (Wildman–Crippen LogP) is 3.41. The average Bonchev–Trinajstić information content (AvgIpc) is 2.42. The van der Waals surface area contributed by atoms with Crippen LogP contribution in [0.15, 0.2) is 36.4 Å². The van der Waals surface area contributed by atoms with E-state index >= 15 is 0 Å². The van der Waals surface area contributed by atoms with Gasteiger partial charge >= 0.3 is 0 Å². The number of aromatic hydroxyl groups is 1. The Morgan fingerprint density at radius 3 is 2.67 bits per heavy atom. The molecule has 0 radical (unpaired) electrons. The summed E-state index contributed by atoms with van der Waals surface area (Å²) in [6, 6.07) is 9.81. The number of halogens is 1. The first-order chi connectivity index (χ1) is 9.95. The van der Waals surface area contributed by atoms with E-state index in [0.717, 1.165) is 16.8 Å². The summed E-state index contributed by atoms with van der Waals surface area (Å²) in [6.45, 7) is 3.81. The molecule has 0 heterocycles. The molecule has 0 spiro atoms. The van der Waals surface area contributed by atoms with Gasteiger partial charge in [0.25, 0.3) is 0 Å². The molecule has 0 atom stereocenters. The Balaban J connectivity index is 2.11. The van der Waals surface area contributed by atoms with Crippen LogP contribution >= 0.6 is 0 Å². The lowest BCUT2D eigenvalue weighted by Gasteiger charge is -2.12. The molecule has 0 aliphatic carbocycles. The van der Waals surface area contributed by atoms with Crippen LogP contribution in [0.1, 0.15) is 18.1 Å². The number of phenolic OH excluding ortho intramolecular Hbond substituents is 1. The van der Waals surface area contributed by atoms with Crippen molar-refractivity contribution in [1.29, 1.82) is 0 Å². The molecule has 0 saturated heterocycles. The number of phenols is 1. The van der Waals surface area contributed by atoms with E-state index in [9.17, 15) is 9.18 Å². The number of benzene rings is 2. The molecule has 3 N–H and O–H groups in total. The van der Waals surface area contributed by atoms with Gasteiger partial charge in [0.1, 0.15) is 0 Å². The number of carbonyl (C=O) groups is 1. The first-order valence-corrected chi connectivity index (χ1v) is 6.55. The zero-order valence-electron chi connectivity index (χ0n) is 11.9. The van der Waals surface area contributed by atoms with Gasteiger partial charge in [-0.1, -0.05) is 12.1 Å². The molecule has 2 aromatic rings. The van der Waals surface area contributed by atoms with Crippen molar-refractivity contribution < 1.29 is 14.3 Å². The first-order valence-electron chi connectivity index (χ1n) is 6.55. The van der Waals surface area contributed by atoms with E-state index < -0.39 is 5.82 Å². The van der Waals surface area contributed by atoms with Crippen LogP contribution < -0.4 is 10.6 Å². The molecular weight excluding hydrogens is 271 g/mol. The summed E-state index contributed by atoms with van der Waals surface area (Å²) in [5, 5.41) is 15.1. The van der Waals surface area contributed by atoms with Gasteiger partial charge in [0, 0.05) is 24.8 Å². The maximum atomic E-state index is 13.3. The summed E-state index contributed by atoms with van der Waals surface area (Å²) in [6.07, 6.45) is 0. The smallest absolute Gasteiger partial charge is 0.221 e. The Morgan fingerprint density at radius 2 is 2.00 bits per heavy atom. The highest BCUT2D eigenvalue weighted by atomic mass is 19.1. The van der Waals surface area contributed by atoms with Gasteiger partial charge in [-0.2, -0.15) is 0 Å². The Kier molecular flexibility index (Phi) is 4.42. The monoisotopic (exact) mass is 288 g/mol. The van der Waals surface area contributed by atoms with Gasteiger partial charge in [-0.05, 0) is 42.3 Å². The molecule has 5 heteroatoms. The molecule has 0 aromatic heterocycles. The van der Waals surface area contributed by atoms with Gasteiger partial charge in [-0.15, -0.1) is 0 Å². The summed E-state index contributed by atoms with van der Waals surface area (Å²) in [5.41, 5.74) is 3.29. The lowest BCUT2D eigenvalue weighted by Crippen LogP contribution is -2.07. The molecule has 2 rings (SSSR count). The number of anilines is 2. The van der Waals surface area contributed by atoms with E-state index in [-0.39, 0.29) is 11.7 Å². The summed E-state index contributed by atoms with van der Waals surface area (Å²) in [7, 11) is 0. The van der Waals surface area contributed by atoms with Crippen LogP contribution in [-0.4, -0.2) is 11.0 Å². The second-order valence-electron chi connectivity index (χ2n) is 4.85. The van der Waals surface area contributed by atoms with Crippen LogP contribution in [0.2, 0.25) is 0 Å². The molecule has 0 bridgehead atoms. The highest BCUT2D eigenvalue weighted by Crippen LogP contribution is 2.22. The fraction of sp³-hybridized carbons (Fsp3) is 0.188. The number of amides is 1. The third-order valence-electron chi connectivity index (χ3n) is 3.05. The number of hydrogen-bond donors (Lipinski definition) is 3. The van der Waals surface area contributed by atoms with E-state index in [0.29, 0.717) is 12.2 Å². The highest BCUT2D eigenvalue weighted by molar-refractivity contribution is 5.89. The van der Waals surface area contributed by atoms with Crippen molar-refractivity contribution in [3.05, 3.63) is 53.3 Å². The molecule has 0 saturated carbocycles. The average molecular weight is 288 g/mol. The summed E-state index contributed by atoms with van der Waals surface area (Å²) < 4.78 is 13.3. The highest BCUT2D eigenvalue weighted by Gasteiger charge is 2.04. The van der Waals surface area contributed by atoms with Crippen molar-refractivity contribution in [2.75, 3.05) is 10.6 Å². The number of hydrogen-bond acceptors (Lipinski definition) is 3. The lowest BCUT2D eigenvalue weighted by atomic mass is 10.1. The third-order valence-corrected chi connectivity index (χ3v) is 3.05. The van der Waals surface area contributed by atoms with E-state index in [1.54, 1.807) is 6.07 Å². The molecule has 2 aromatic carbocycles. The van der Waals surface area contributed by atoms with Crippen molar-refractivity contribution in [3.63, 3.8) is 0 Å². The topological polar surface area (TPSA) is 61.4 Å². The number of aryl methyl sites for hydroxylation is 1. The summed E-state index contributed by atoms with van der Waals surface area (Å²) in [5.74, 6) is -1.13. The SMILES string of the molecule is CC(=O)Nc1ccc(C)c(NCc2ccc(O)c(F)c2)c1. The van der Waals surface area contributed by atoms with Gasteiger partial charge in [-0.25, -0.2) is 4.39 Å². The molecule has 110 valence electrons. The zero-order valence-corrected chi connectivity index (χ0v) is 11.9. The van der Waals surface area contributed by atoms with Crippen LogP contribution in [0.3, 0.4) is 0 Å². The molecular formula is C16H17FN2O2. The summed E-state index contributed by atoms with van der Waals surface area (Å²) in [4.78, 5) is 11.1. The van der Waals surface area contributed by atoms with Crippen molar-refractivity contribution in [2.24, 2.45) is 0 Å². The third kappa shape index (κ3) is 3.95. The standard InChI is InChI=1S/C16H17FN2O2/c1-10-3-5-13(19-11(2)20)8-15(10)18-9-12-4-6-16(21)14(17)7-12/h3-8,18,21H,9H2,1-2H3,(H,19,20). The molecule has 0 aliphatic heterocycles. The maximum absolute atomic E-state index is 13.3. The van der Waals surface area contributed by atoms with Gasteiger partial charge < -0.3 is 15.7 Å². The Labute approximate surface area is 122 Å². The Bertz CT molecular complexity index is 671. The number of nitrogens with one attached hydrogen (secondary N) is 2. The van der Waals surface area contributed by atoms with Gasteiger partial charge in [0.05, 0.1) is 0 Å². The fourth-order valence-corrected chi connectivity index (χ4v) is 1.95. The van der Waals surface area contributed by atoms with E-state index in [4.69, 9.17) is 5.11 Å². The maximum Gasteiger partial charge on any atom is 0.221 e. The minimum absolute atomic E-state index is 0.134. The predicted molar refractivity (Wildman–Crippen MR) is 80.9 cm³/mol. The van der Waals surface area contributed by atoms with Gasteiger partial charge in [-0.3, -0.25) is 4.79 Å². The van der Waals surface area contributed by atoms with Gasteiger partial charge in [0.2, 0.25) is 5.91 Å². The number of rotatable bonds is 4. The molecule has 4 nitrogen and oxygen atoms in total. The molecule has 0 fully saturated rings. The Morgan fingerprint density at radius 1 is 1.24 bits per heavy atom. The van der Waals surface area contributed by atoms with Crippen LogP contribution in [-0.2, 0) is 11.3 Å². The van der Waals surface area contributed by atoms with Crippen molar-refractivity contribution in [3.8, 4) is 5.75 Å². The minimum Gasteiger partial charge on any atom is -0.505 e. The second kappa shape index (κ2) is 6.26. The van der Waals surface area contributed by atoms with Crippen LogP contribution in [0.5, 0.6) is 5.75 Å². The zero-order chi connectivity index (χ0) is 15.4. The molecule has 0 aliphatic rings.